The highest BCUT2D eigenvalue weighted by molar-refractivity contribution is 4.80. The lowest BCUT2D eigenvalue weighted by Crippen LogP contribution is -2.34. The maximum Gasteiger partial charge on any atom is 0.253 e. The largest absolute Gasteiger partial charge is 0.253 e. The zero-order chi connectivity index (χ0) is 13.9. The van der Waals surface area contributed by atoms with Crippen molar-refractivity contribution < 1.29 is 4.57 Å². The number of aryl methyl sites for hydroxylation is 1. The summed E-state index contributed by atoms with van der Waals surface area (Å²) in [6.07, 6.45) is 17.4. The minimum absolute atomic E-state index is 0.913. The van der Waals surface area contributed by atoms with Crippen LogP contribution in [0.2, 0.25) is 0 Å². The quantitative estimate of drug-likeness (QED) is 0.318. The third-order valence-corrected chi connectivity index (χ3v) is 3.84. The van der Waals surface area contributed by atoms with E-state index >= 15 is 0 Å². The molecule has 0 aliphatic carbocycles. The van der Waals surface area contributed by atoms with Crippen LogP contribution in [0.15, 0.2) is 25.0 Å². The fraction of sp³-hybridized carbons (Fsp3) is 0.706. The second kappa shape index (κ2) is 9.82. The van der Waals surface area contributed by atoms with Gasteiger partial charge in [0.15, 0.2) is 0 Å². The molecule has 1 aromatic heterocycles. The number of nitrogens with zero attached hydrogens (tertiary/aromatic N) is 2. The molecule has 0 fully saturated rings. The Morgan fingerprint density at radius 1 is 1.11 bits per heavy atom. The van der Waals surface area contributed by atoms with Crippen LogP contribution in [-0.4, -0.2) is 4.57 Å². The summed E-state index contributed by atoms with van der Waals surface area (Å²) in [5, 5.41) is 0. The molecule has 2 heteroatoms. The predicted molar refractivity (Wildman–Crippen MR) is 82.2 cm³/mol. The average Bonchev–Trinajstić information content (AvgIpc) is 2.75. The summed E-state index contributed by atoms with van der Waals surface area (Å²) < 4.78 is 4.61. The number of unbranched alkanes of at least 4 members (excludes halogenated alkanes) is 7. The van der Waals surface area contributed by atoms with Gasteiger partial charge in [-0.2, -0.15) is 0 Å². The fourth-order valence-electron chi connectivity index (χ4n) is 2.53. The van der Waals surface area contributed by atoms with Crippen LogP contribution in [0, 0.1) is 6.92 Å². The normalized spacial score (nSPS) is 10.8. The van der Waals surface area contributed by atoms with Crippen LogP contribution in [0.25, 0.3) is 0 Å². The Morgan fingerprint density at radius 3 is 2.37 bits per heavy atom. The van der Waals surface area contributed by atoms with E-state index in [0.29, 0.717) is 0 Å². The molecule has 0 radical (unpaired) electrons. The second-order valence-corrected chi connectivity index (χ2v) is 5.45. The summed E-state index contributed by atoms with van der Waals surface area (Å²) in [6.45, 7) is 10.3. The molecule has 0 spiro atoms. The van der Waals surface area contributed by atoms with Crippen molar-refractivity contribution >= 4 is 0 Å². The Morgan fingerprint density at radius 2 is 1.74 bits per heavy atom. The van der Waals surface area contributed by atoms with E-state index in [-0.39, 0.29) is 0 Å². The van der Waals surface area contributed by atoms with Crippen molar-refractivity contribution in [1.29, 1.82) is 0 Å². The Kier molecular flexibility index (Phi) is 8.28. The average molecular weight is 263 g/mol. The highest BCUT2D eigenvalue weighted by atomic mass is 15.1. The Balaban J connectivity index is 2.10. The minimum Gasteiger partial charge on any atom is -0.234 e. The van der Waals surface area contributed by atoms with Gasteiger partial charge in [-0.3, -0.25) is 0 Å². The number of hydrogen-bond donors (Lipinski definition) is 0. The molecule has 1 heterocycles. The summed E-state index contributed by atoms with van der Waals surface area (Å²) in [7, 11) is 0. The van der Waals surface area contributed by atoms with Crippen molar-refractivity contribution in [2.24, 2.45) is 0 Å². The van der Waals surface area contributed by atoms with E-state index in [9.17, 15) is 0 Å². The van der Waals surface area contributed by atoms with Crippen LogP contribution in [0.5, 0.6) is 0 Å². The first-order chi connectivity index (χ1) is 9.29. The molecule has 0 saturated carbocycles. The third-order valence-electron chi connectivity index (χ3n) is 3.84. The van der Waals surface area contributed by atoms with E-state index in [0.717, 1.165) is 13.1 Å². The Hall–Kier alpha value is -1.05. The summed E-state index contributed by atoms with van der Waals surface area (Å²) in [6, 6.07) is 0. The van der Waals surface area contributed by atoms with Crippen LogP contribution in [-0.2, 0) is 13.1 Å². The van der Waals surface area contributed by atoms with Crippen molar-refractivity contribution in [3.63, 3.8) is 0 Å². The molecular weight excluding hydrogens is 232 g/mol. The van der Waals surface area contributed by atoms with Crippen molar-refractivity contribution in [3.8, 4) is 0 Å². The Bertz CT molecular complexity index is 352. The predicted octanol–water partition coefficient (Wildman–Crippen LogP) is 4.41. The van der Waals surface area contributed by atoms with Gasteiger partial charge in [-0.1, -0.05) is 58.1 Å². The Labute approximate surface area is 119 Å². The van der Waals surface area contributed by atoms with E-state index in [1.165, 1.54) is 57.2 Å². The summed E-state index contributed by atoms with van der Waals surface area (Å²) in [5.74, 6) is 1.34. The zero-order valence-corrected chi connectivity index (χ0v) is 12.9. The van der Waals surface area contributed by atoms with E-state index in [1.54, 1.807) is 0 Å². The molecule has 108 valence electrons. The molecule has 2 nitrogen and oxygen atoms in total. The van der Waals surface area contributed by atoms with E-state index in [4.69, 9.17) is 0 Å². The van der Waals surface area contributed by atoms with Crippen LogP contribution < -0.4 is 4.57 Å². The standard InChI is InChI=1S/C17H31N2/c1-4-6-7-8-9-10-11-12-14-19-16-15-18(13-5-2)17(19)3/h5,15-16H,2,4,6-14H2,1,3H3/q+1. The molecular formula is C17H31N2+. The van der Waals surface area contributed by atoms with Crippen LogP contribution >= 0.6 is 0 Å². The van der Waals surface area contributed by atoms with Gasteiger partial charge in [-0.15, -0.1) is 0 Å². The smallest absolute Gasteiger partial charge is 0.234 e. The molecule has 0 aromatic carbocycles. The van der Waals surface area contributed by atoms with Crippen LogP contribution in [0.1, 0.15) is 64.1 Å². The van der Waals surface area contributed by atoms with Gasteiger partial charge in [0.25, 0.3) is 5.82 Å². The maximum absolute atomic E-state index is 3.79. The van der Waals surface area contributed by atoms with Gasteiger partial charge in [0, 0.05) is 6.92 Å². The lowest BCUT2D eigenvalue weighted by Gasteiger charge is -2.02. The molecule has 0 N–H and O–H groups in total. The first kappa shape index (κ1) is 16.0. The second-order valence-electron chi connectivity index (χ2n) is 5.45. The third kappa shape index (κ3) is 6.09. The molecule has 0 aliphatic rings. The van der Waals surface area contributed by atoms with Gasteiger partial charge in [0.1, 0.15) is 18.9 Å². The van der Waals surface area contributed by atoms with Gasteiger partial charge in [0.2, 0.25) is 0 Å². The molecule has 1 rings (SSSR count). The fourth-order valence-corrected chi connectivity index (χ4v) is 2.53. The maximum atomic E-state index is 3.79. The van der Waals surface area contributed by atoms with Crippen molar-refractivity contribution in [3.05, 3.63) is 30.9 Å². The molecule has 0 aliphatic heterocycles. The number of hydrogen-bond acceptors (Lipinski definition) is 0. The van der Waals surface area contributed by atoms with E-state index < -0.39 is 0 Å². The molecule has 19 heavy (non-hydrogen) atoms. The number of allylic oxidation sites excluding steroid dienone is 1. The van der Waals surface area contributed by atoms with Crippen molar-refractivity contribution in [2.45, 2.75) is 78.3 Å². The van der Waals surface area contributed by atoms with E-state index in [1.807, 2.05) is 6.08 Å². The lowest BCUT2D eigenvalue weighted by atomic mass is 10.1. The van der Waals surface area contributed by atoms with E-state index in [2.05, 4.69) is 42.0 Å². The van der Waals surface area contributed by atoms with Gasteiger partial charge in [0.05, 0.1) is 6.54 Å². The lowest BCUT2D eigenvalue weighted by molar-refractivity contribution is -0.692. The molecule has 0 bridgehead atoms. The molecule has 0 saturated heterocycles. The van der Waals surface area contributed by atoms with Crippen molar-refractivity contribution in [2.75, 3.05) is 0 Å². The first-order valence-corrected chi connectivity index (χ1v) is 7.95. The van der Waals surface area contributed by atoms with Crippen LogP contribution in [0.3, 0.4) is 0 Å². The van der Waals surface area contributed by atoms with Crippen molar-refractivity contribution in [1.82, 2.24) is 4.57 Å². The first-order valence-electron chi connectivity index (χ1n) is 7.95. The summed E-state index contributed by atoms with van der Waals surface area (Å²) >= 11 is 0. The van der Waals surface area contributed by atoms with Crippen LogP contribution in [0.4, 0.5) is 0 Å². The SMILES string of the molecule is C=CC[n+]1ccn(CCCCCCCCCC)c1C. The number of imidazole rings is 1. The highest BCUT2D eigenvalue weighted by Gasteiger charge is 2.09. The molecule has 0 atom stereocenters. The van der Waals surface area contributed by atoms with Gasteiger partial charge in [-0.05, 0) is 12.8 Å². The van der Waals surface area contributed by atoms with Gasteiger partial charge >= 0.3 is 0 Å². The topological polar surface area (TPSA) is 8.81 Å². The summed E-state index contributed by atoms with van der Waals surface area (Å²) in [4.78, 5) is 0. The summed E-state index contributed by atoms with van der Waals surface area (Å²) in [5.41, 5.74) is 0. The van der Waals surface area contributed by atoms with Gasteiger partial charge in [-0.25, -0.2) is 9.13 Å². The highest BCUT2D eigenvalue weighted by Crippen LogP contribution is 2.09. The monoisotopic (exact) mass is 263 g/mol. The molecule has 1 aromatic rings. The minimum atomic E-state index is 0.913. The molecule has 0 amide bonds. The number of aromatic nitrogens is 2. The number of rotatable bonds is 11. The zero-order valence-electron chi connectivity index (χ0n) is 12.9. The van der Waals surface area contributed by atoms with Gasteiger partial charge < -0.3 is 0 Å². The molecule has 0 unspecified atom stereocenters.